The smallest absolute Gasteiger partial charge is 0.416 e. The normalized spacial score (nSPS) is 18.6. The van der Waals surface area contributed by atoms with Crippen LogP contribution in [0.3, 0.4) is 0 Å². The molecule has 210 valence electrons. The number of ether oxygens (including phenoxy) is 1. The van der Waals surface area contributed by atoms with Crippen LogP contribution < -0.4 is 15.8 Å². The first-order chi connectivity index (χ1) is 18.3. The van der Waals surface area contributed by atoms with E-state index in [4.69, 9.17) is 10.5 Å². The molecule has 1 atom stereocenters. The third-order valence-corrected chi connectivity index (χ3v) is 7.71. The van der Waals surface area contributed by atoms with E-state index in [0.717, 1.165) is 48.4 Å². The van der Waals surface area contributed by atoms with Gasteiger partial charge >= 0.3 is 6.18 Å². The van der Waals surface area contributed by atoms with Crippen LogP contribution in [0.15, 0.2) is 24.3 Å². The predicted molar refractivity (Wildman–Crippen MR) is 147 cm³/mol. The largest absolute Gasteiger partial charge is 0.496 e. The van der Waals surface area contributed by atoms with Gasteiger partial charge < -0.3 is 20.7 Å². The molecule has 0 aliphatic heterocycles. The molecule has 10 heteroatoms. The van der Waals surface area contributed by atoms with Gasteiger partial charge in [-0.2, -0.15) is 13.2 Å². The van der Waals surface area contributed by atoms with Gasteiger partial charge in [0.2, 0.25) is 5.91 Å². The molecule has 2 aromatic carbocycles. The van der Waals surface area contributed by atoms with Crippen molar-refractivity contribution in [1.82, 2.24) is 14.9 Å². The molecular formula is C29H36F3N5O2. The van der Waals surface area contributed by atoms with E-state index in [1.807, 2.05) is 12.1 Å². The Morgan fingerprint density at radius 2 is 1.77 bits per heavy atom. The number of hydrogen-bond donors (Lipinski definition) is 2. The zero-order valence-electron chi connectivity index (χ0n) is 23.2. The van der Waals surface area contributed by atoms with Crippen LogP contribution in [0.1, 0.15) is 72.6 Å². The molecular weight excluding hydrogens is 507 g/mol. The number of hydrogen-bond acceptors (Lipinski definition) is 6. The van der Waals surface area contributed by atoms with E-state index in [1.165, 1.54) is 6.92 Å². The number of methoxy groups -OCH3 is 1. The van der Waals surface area contributed by atoms with Gasteiger partial charge in [-0.05, 0) is 87.3 Å². The fraction of sp³-hybridized carbons (Fsp3) is 0.483. The van der Waals surface area contributed by atoms with Gasteiger partial charge in [0.1, 0.15) is 17.4 Å². The molecule has 0 radical (unpaired) electrons. The van der Waals surface area contributed by atoms with Crippen molar-refractivity contribution in [2.75, 3.05) is 32.3 Å². The minimum absolute atomic E-state index is 0.0231. The first kappa shape index (κ1) is 28.4. The van der Waals surface area contributed by atoms with Crippen molar-refractivity contribution in [3.63, 3.8) is 0 Å². The summed E-state index contributed by atoms with van der Waals surface area (Å²) in [6, 6.07) is 5.94. The lowest BCUT2D eigenvalue weighted by Crippen LogP contribution is -2.32. The molecule has 7 nitrogen and oxygen atoms in total. The Kier molecular flexibility index (Phi) is 7.95. The lowest BCUT2D eigenvalue weighted by Gasteiger charge is -2.30. The predicted octanol–water partition coefficient (Wildman–Crippen LogP) is 6.39. The van der Waals surface area contributed by atoms with Crippen LogP contribution in [0.2, 0.25) is 0 Å². The van der Waals surface area contributed by atoms with E-state index >= 15 is 0 Å². The summed E-state index contributed by atoms with van der Waals surface area (Å²) in [6.45, 7) is 5.02. The van der Waals surface area contributed by atoms with Gasteiger partial charge in [0.05, 0.1) is 24.2 Å². The number of nitrogen functional groups attached to an aromatic ring is 1. The average Bonchev–Trinajstić information content (AvgIpc) is 2.87. The standard InChI is InChI=1S/C29H36F3N5O2/c1-15-21(11-20(33)12-24(15)29(30,31)32)16(2)34-27-23-13-22(26(39-6)14-25(23)35-17(3)36-27)18-7-9-19(10-8-18)28(38)37(4)5/h11-14,16,18-19H,7-10,33H2,1-6H3,(H,34,35,36)/t16-,18?,19?/m1/s1. The molecule has 1 heterocycles. The molecule has 1 fully saturated rings. The average molecular weight is 544 g/mol. The van der Waals surface area contributed by atoms with Gasteiger partial charge in [0.25, 0.3) is 0 Å². The van der Waals surface area contributed by atoms with Gasteiger partial charge in [-0.15, -0.1) is 0 Å². The number of fused-ring (bicyclic) bond motifs is 1. The second-order valence-corrected chi connectivity index (χ2v) is 10.7. The minimum Gasteiger partial charge on any atom is -0.496 e. The molecule has 1 amide bonds. The molecule has 0 unspecified atom stereocenters. The van der Waals surface area contributed by atoms with Gasteiger partial charge in [-0.25, -0.2) is 9.97 Å². The van der Waals surface area contributed by atoms with Crippen LogP contribution >= 0.6 is 0 Å². The zero-order valence-corrected chi connectivity index (χ0v) is 23.2. The summed E-state index contributed by atoms with van der Waals surface area (Å²) in [5.74, 6) is 2.16. The van der Waals surface area contributed by atoms with Gasteiger partial charge in [0, 0.05) is 37.2 Å². The topological polar surface area (TPSA) is 93.4 Å². The highest BCUT2D eigenvalue weighted by molar-refractivity contribution is 5.91. The van der Waals surface area contributed by atoms with E-state index < -0.39 is 17.8 Å². The SMILES string of the molecule is COc1cc2nc(C)nc(N[C@H](C)c3cc(N)cc(C(F)(F)F)c3C)c2cc1C1CCC(C(=O)N(C)C)CC1. The summed E-state index contributed by atoms with van der Waals surface area (Å²) in [7, 11) is 5.20. The van der Waals surface area contributed by atoms with Crippen molar-refractivity contribution < 1.29 is 22.7 Å². The van der Waals surface area contributed by atoms with Crippen LogP contribution in [0, 0.1) is 19.8 Å². The fourth-order valence-electron chi connectivity index (χ4n) is 5.70. The quantitative estimate of drug-likeness (QED) is 0.350. The van der Waals surface area contributed by atoms with Gasteiger partial charge in [0.15, 0.2) is 0 Å². The Labute approximate surface area is 226 Å². The highest BCUT2D eigenvalue weighted by Crippen LogP contribution is 2.43. The van der Waals surface area contributed by atoms with Crippen LogP contribution in [0.25, 0.3) is 10.9 Å². The number of aryl methyl sites for hydroxylation is 1. The van der Waals surface area contributed by atoms with Crippen LogP contribution in [0.4, 0.5) is 24.7 Å². The lowest BCUT2D eigenvalue weighted by molar-refractivity contribution is -0.138. The second kappa shape index (κ2) is 10.9. The van der Waals surface area contributed by atoms with E-state index in [2.05, 4.69) is 15.3 Å². The molecule has 1 saturated carbocycles. The molecule has 0 spiro atoms. The number of alkyl halides is 3. The monoisotopic (exact) mass is 543 g/mol. The third kappa shape index (κ3) is 5.89. The zero-order chi connectivity index (χ0) is 28.6. The fourth-order valence-corrected chi connectivity index (χ4v) is 5.70. The summed E-state index contributed by atoms with van der Waals surface area (Å²) in [4.78, 5) is 23.3. The summed E-state index contributed by atoms with van der Waals surface area (Å²) < 4.78 is 46.6. The number of nitrogens with two attached hydrogens (primary N) is 1. The lowest BCUT2D eigenvalue weighted by atomic mass is 9.77. The number of rotatable bonds is 6. The summed E-state index contributed by atoms with van der Waals surface area (Å²) in [5, 5.41) is 4.08. The minimum atomic E-state index is -4.51. The number of nitrogens with zero attached hydrogens (tertiary/aromatic N) is 3. The third-order valence-electron chi connectivity index (χ3n) is 7.71. The molecule has 1 aromatic heterocycles. The first-order valence-corrected chi connectivity index (χ1v) is 13.1. The summed E-state index contributed by atoms with van der Waals surface area (Å²) in [6.07, 6.45) is -1.22. The maximum Gasteiger partial charge on any atom is 0.416 e. The molecule has 4 rings (SSSR count). The number of halogens is 3. The Balaban J connectivity index is 1.71. The molecule has 39 heavy (non-hydrogen) atoms. The van der Waals surface area contributed by atoms with E-state index in [9.17, 15) is 18.0 Å². The Hall–Kier alpha value is -3.56. The first-order valence-electron chi connectivity index (χ1n) is 13.1. The van der Waals surface area contributed by atoms with Crippen molar-refractivity contribution in [3.05, 3.63) is 52.3 Å². The number of carbonyl (C=O) groups excluding carboxylic acids is 1. The van der Waals surface area contributed by atoms with Crippen molar-refractivity contribution in [3.8, 4) is 5.75 Å². The summed E-state index contributed by atoms with van der Waals surface area (Å²) in [5.41, 5.74) is 7.43. The maximum atomic E-state index is 13.6. The van der Waals surface area contributed by atoms with Crippen molar-refractivity contribution >= 4 is 28.3 Å². The molecule has 0 saturated heterocycles. The van der Waals surface area contributed by atoms with Gasteiger partial charge in [-0.3, -0.25) is 4.79 Å². The Morgan fingerprint density at radius 1 is 1.10 bits per heavy atom. The van der Waals surface area contributed by atoms with E-state index in [-0.39, 0.29) is 29.0 Å². The van der Waals surface area contributed by atoms with Crippen LogP contribution in [0.5, 0.6) is 5.75 Å². The molecule has 3 aromatic rings. The van der Waals surface area contributed by atoms with Gasteiger partial charge in [-0.1, -0.05) is 0 Å². The van der Waals surface area contributed by atoms with Crippen molar-refractivity contribution in [2.45, 2.75) is 64.6 Å². The number of amides is 1. The van der Waals surface area contributed by atoms with Crippen molar-refractivity contribution in [2.24, 2.45) is 5.92 Å². The van der Waals surface area contributed by atoms with Crippen LogP contribution in [-0.2, 0) is 11.0 Å². The number of benzene rings is 2. The molecule has 0 bridgehead atoms. The number of carbonyl (C=O) groups is 1. The van der Waals surface area contributed by atoms with E-state index in [1.54, 1.807) is 46.0 Å². The van der Waals surface area contributed by atoms with Crippen LogP contribution in [-0.4, -0.2) is 42.0 Å². The molecule has 1 aliphatic carbocycles. The molecule has 3 N–H and O–H groups in total. The van der Waals surface area contributed by atoms with E-state index in [0.29, 0.717) is 22.7 Å². The number of nitrogens with one attached hydrogen (secondary N) is 1. The Morgan fingerprint density at radius 3 is 2.36 bits per heavy atom. The maximum absolute atomic E-state index is 13.6. The summed E-state index contributed by atoms with van der Waals surface area (Å²) >= 11 is 0. The highest BCUT2D eigenvalue weighted by atomic mass is 19.4. The highest BCUT2D eigenvalue weighted by Gasteiger charge is 2.34. The van der Waals surface area contributed by atoms with Crippen molar-refractivity contribution in [1.29, 1.82) is 0 Å². The number of anilines is 2. The second-order valence-electron chi connectivity index (χ2n) is 10.7. The molecule has 1 aliphatic rings. The number of aromatic nitrogens is 2. The Bertz CT molecular complexity index is 1380.